The lowest BCUT2D eigenvalue weighted by Crippen LogP contribution is -2.44. The predicted molar refractivity (Wildman–Crippen MR) is 127 cm³/mol. The summed E-state index contributed by atoms with van der Waals surface area (Å²) in [6.07, 6.45) is 6.92. The van der Waals surface area contributed by atoms with E-state index in [2.05, 4.69) is 21.8 Å². The molecule has 1 N–H and O–H groups in total. The van der Waals surface area contributed by atoms with Crippen LogP contribution in [-0.4, -0.2) is 29.2 Å². The number of benzene rings is 1. The number of esters is 1. The van der Waals surface area contributed by atoms with Gasteiger partial charge in [0.05, 0.1) is 11.6 Å². The monoisotopic (exact) mass is 484 g/mol. The summed E-state index contributed by atoms with van der Waals surface area (Å²) in [5.41, 5.74) is 2.55. The van der Waals surface area contributed by atoms with E-state index in [1.807, 2.05) is 25.1 Å². The van der Waals surface area contributed by atoms with Crippen molar-refractivity contribution in [2.75, 3.05) is 0 Å². The van der Waals surface area contributed by atoms with E-state index in [-0.39, 0.29) is 29.9 Å². The van der Waals surface area contributed by atoms with Gasteiger partial charge in [0.15, 0.2) is 0 Å². The number of cyclic esters (lactones) is 1. The van der Waals surface area contributed by atoms with Crippen molar-refractivity contribution in [3.63, 3.8) is 0 Å². The zero-order valence-electron chi connectivity index (χ0n) is 19.7. The van der Waals surface area contributed by atoms with E-state index in [4.69, 9.17) is 4.74 Å². The van der Waals surface area contributed by atoms with Gasteiger partial charge in [-0.25, -0.2) is 14.1 Å². The molecule has 2 aromatic rings. The SMILES string of the molecule is C=Cc1ccc(-c2cccc(F)c2)cn1.CC1OC(=O)C2CC3C[C@H](NC(=O)OF)CCC3CC12. The molecular weight excluding hydrogens is 454 g/mol. The summed E-state index contributed by atoms with van der Waals surface area (Å²) in [6.45, 7) is 5.60. The third kappa shape index (κ3) is 5.86. The molecule has 2 saturated carbocycles. The third-order valence-electron chi connectivity index (χ3n) is 7.54. The van der Waals surface area contributed by atoms with Gasteiger partial charge in [0, 0.05) is 28.2 Å². The molecule has 6 nitrogen and oxygen atoms in total. The van der Waals surface area contributed by atoms with Crippen LogP contribution in [0.4, 0.5) is 13.7 Å². The normalized spacial score (nSPS) is 28.9. The van der Waals surface area contributed by atoms with Crippen LogP contribution in [-0.2, 0) is 14.5 Å². The Bertz CT molecular complexity index is 1060. The summed E-state index contributed by atoms with van der Waals surface area (Å²) < 4.78 is 30.1. The molecule has 35 heavy (non-hydrogen) atoms. The van der Waals surface area contributed by atoms with Gasteiger partial charge < -0.3 is 10.1 Å². The van der Waals surface area contributed by atoms with Gasteiger partial charge in [-0.05, 0) is 80.7 Å². The number of ether oxygens (including phenoxy) is 1. The summed E-state index contributed by atoms with van der Waals surface area (Å²) in [4.78, 5) is 30.1. The lowest BCUT2D eigenvalue weighted by atomic mass is 9.62. The number of hydrogen-bond acceptors (Lipinski definition) is 5. The number of aromatic nitrogens is 1. The van der Waals surface area contributed by atoms with Gasteiger partial charge in [-0.3, -0.25) is 9.78 Å². The molecule has 3 fully saturated rings. The second kappa shape index (κ2) is 11.0. The van der Waals surface area contributed by atoms with Crippen molar-refractivity contribution < 1.29 is 28.2 Å². The number of halogens is 2. The Labute approximate surface area is 203 Å². The number of carbonyl (C=O) groups excluding carboxylic acids is 2. The smallest absolute Gasteiger partial charge is 0.444 e. The van der Waals surface area contributed by atoms with Gasteiger partial charge in [0.2, 0.25) is 0 Å². The molecule has 1 saturated heterocycles. The van der Waals surface area contributed by atoms with Crippen molar-refractivity contribution >= 4 is 18.1 Å². The molecular formula is C27H30F2N2O4. The highest BCUT2D eigenvalue weighted by atomic mass is 19.3. The molecule has 0 bridgehead atoms. The Balaban J connectivity index is 0.000000172. The molecule has 5 unspecified atom stereocenters. The predicted octanol–water partition coefficient (Wildman–Crippen LogP) is 5.88. The molecule has 0 spiro atoms. The molecule has 0 radical (unpaired) electrons. The van der Waals surface area contributed by atoms with Crippen LogP contribution in [0.15, 0.2) is 49.2 Å². The molecule has 2 heterocycles. The van der Waals surface area contributed by atoms with Gasteiger partial charge in [-0.15, -0.1) is 0 Å². The number of nitrogens with one attached hydrogen (secondary N) is 1. The summed E-state index contributed by atoms with van der Waals surface area (Å²) in [5.74, 6) is 1.06. The van der Waals surface area contributed by atoms with Crippen LogP contribution in [0.5, 0.6) is 0 Å². The van der Waals surface area contributed by atoms with E-state index in [0.717, 1.165) is 48.9 Å². The van der Waals surface area contributed by atoms with Crippen molar-refractivity contribution in [2.24, 2.45) is 23.7 Å². The molecule has 8 heteroatoms. The largest absolute Gasteiger partial charge is 0.462 e. The Morgan fingerprint density at radius 3 is 2.69 bits per heavy atom. The fraction of sp³-hybridized carbons (Fsp3) is 0.444. The second-order valence-electron chi connectivity index (χ2n) is 9.61. The summed E-state index contributed by atoms with van der Waals surface area (Å²) in [5, 5.41) is 2.53. The van der Waals surface area contributed by atoms with Crippen LogP contribution >= 0.6 is 0 Å². The number of hydrogen-bond donors (Lipinski definition) is 1. The highest BCUT2D eigenvalue weighted by molar-refractivity contribution is 5.75. The van der Waals surface area contributed by atoms with Crippen molar-refractivity contribution in [1.29, 1.82) is 0 Å². The minimum Gasteiger partial charge on any atom is -0.462 e. The molecule has 3 aliphatic rings. The number of amides is 1. The molecule has 1 aromatic carbocycles. The van der Waals surface area contributed by atoms with Gasteiger partial charge in [0.1, 0.15) is 11.9 Å². The van der Waals surface area contributed by atoms with Gasteiger partial charge in [0.25, 0.3) is 0 Å². The van der Waals surface area contributed by atoms with E-state index in [1.54, 1.807) is 18.3 Å². The van der Waals surface area contributed by atoms with E-state index in [0.29, 0.717) is 17.8 Å². The minimum absolute atomic E-state index is 0.0122. The maximum Gasteiger partial charge on any atom is 0.444 e. The lowest BCUT2D eigenvalue weighted by Gasteiger charge is -2.43. The van der Waals surface area contributed by atoms with E-state index >= 15 is 0 Å². The minimum atomic E-state index is -1.02. The molecule has 1 amide bonds. The van der Waals surface area contributed by atoms with E-state index in [9.17, 15) is 18.5 Å². The lowest BCUT2D eigenvalue weighted by molar-refractivity contribution is -0.144. The van der Waals surface area contributed by atoms with E-state index in [1.165, 1.54) is 12.1 Å². The Kier molecular flexibility index (Phi) is 7.78. The number of rotatable bonds is 3. The topological polar surface area (TPSA) is 77.5 Å². The highest BCUT2D eigenvalue weighted by Gasteiger charge is 2.50. The van der Waals surface area contributed by atoms with Crippen LogP contribution in [0, 0.1) is 29.5 Å². The molecule has 186 valence electrons. The average molecular weight is 485 g/mol. The maximum absolute atomic E-state index is 13.0. The number of carbonyl (C=O) groups is 2. The van der Waals surface area contributed by atoms with Crippen LogP contribution in [0.2, 0.25) is 0 Å². The molecule has 1 aromatic heterocycles. The Hall–Kier alpha value is -3.29. The van der Waals surface area contributed by atoms with Crippen LogP contribution in [0.25, 0.3) is 17.2 Å². The molecule has 2 aliphatic carbocycles. The molecule has 6 atom stereocenters. The van der Waals surface area contributed by atoms with Crippen LogP contribution < -0.4 is 5.32 Å². The standard InChI is InChI=1S/C14H20FNO4.C13H10FN/c1-7-11-5-8-2-3-10(16-14(18)20-15)4-9(8)6-12(11)13(17)19-7;1-2-13-7-6-11(9-15-13)10-4-3-5-12(14)8-10/h7-12H,2-6H2,1H3,(H,16,18);2-9H,1H2/t7?,8?,9?,10-,11?,12?;/m1./s1. The van der Waals surface area contributed by atoms with Crippen molar-refractivity contribution in [2.45, 2.75) is 51.2 Å². The first-order chi connectivity index (χ1) is 16.9. The fourth-order valence-corrected chi connectivity index (χ4v) is 5.77. The molecule has 1 aliphatic heterocycles. The van der Waals surface area contributed by atoms with Crippen molar-refractivity contribution in [3.05, 3.63) is 60.7 Å². The molecule has 5 rings (SSSR count). The average Bonchev–Trinajstić information content (AvgIpc) is 3.15. The van der Waals surface area contributed by atoms with Gasteiger partial charge >= 0.3 is 12.1 Å². The first-order valence-corrected chi connectivity index (χ1v) is 12.0. The van der Waals surface area contributed by atoms with Crippen LogP contribution in [0.1, 0.15) is 44.7 Å². The quantitative estimate of drug-likeness (QED) is 0.550. The number of fused-ring (bicyclic) bond motifs is 2. The van der Waals surface area contributed by atoms with Crippen LogP contribution in [0.3, 0.4) is 0 Å². The number of nitrogens with zero attached hydrogens (tertiary/aromatic N) is 1. The van der Waals surface area contributed by atoms with Crippen molar-refractivity contribution in [3.8, 4) is 11.1 Å². The van der Waals surface area contributed by atoms with Crippen molar-refractivity contribution in [1.82, 2.24) is 10.3 Å². The Morgan fingerprint density at radius 2 is 2.00 bits per heavy atom. The van der Waals surface area contributed by atoms with Gasteiger partial charge in [-0.1, -0.05) is 24.8 Å². The zero-order chi connectivity index (χ0) is 24.9. The van der Waals surface area contributed by atoms with Gasteiger partial charge in [-0.2, -0.15) is 0 Å². The number of pyridine rings is 1. The summed E-state index contributed by atoms with van der Waals surface area (Å²) >= 11 is 0. The first-order valence-electron chi connectivity index (χ1n) is 12.0. The zero-order valence-corrected chi connectivity index (χ0v) is 19.7. The summed E-state index contributed by atoms with van der Waals surface area (Å²) in [6, 6.07) is 10.2. The fourth-order valence-electron chi connectivity index (χ4n) is 5.77. The Morgan fingerprint density at radius 1 is 1.17 bits per heavy atom. The summed E-state index contributed by atoms with van der Waals surface area (Å²) in [7, 11) is 0. The highest BCUT2D eigenvalue weighted by Crippen LogP contribution is 2.49. The first kappa shape index (κ1) is 24.8. The second-order valence-corrected chi connectivity index (χ2v) is 9.61. The third-order valence-corrected chi connectivity index (χ3v) is 7.54. The van der Waals surface area contributed by atoms with E-state index < -0.39 is 6.09 Å². The maximum atomic E-state index is 13.0.